The van der Waals surface area contributed by atoms with E-state index in [-0.39, 0.29) is 11.5 Å². The molecular weight excluding hydrogens is 256 g/mol. The molecular formula is C11H20N2O4S. The van der Waals surface area contributed by atoms with Crippen molar-refractivity contribution in [3.8, 4) is 0 Å². The fraction of sp³-hybridized carbons (Fsp3) is 0.636. The standard InChI is InChI=1S/C11H20N2O4S/c1-3-17-6-4-5-12-18(15,16)11-7-10(9-14)13(2)8-11/h7-8,12,14H,3-6,9H2,1-2H3. The highest BCUT2D eigenvalue weighted by molar-refractivity contribution is 7.89. The molecule has 0 bridgehead atoms. The van der Waals surface area contributed by atoms with Gasteiger partial charge in [0.2, 0.25) is 10.0 Å². The first kappa shape index (κ1) is 15.2. The molecule has 0 aliphatic carbocycles. The summed E-state index contributed by atoms with van der Waals surface area (Å²) >= 11 is 0. The number of ether oxygens (including phenoxy) is 1. The van der Waals surface area contributed by atoms with Gasteiger partial charge >= 0.3 is 0 Å². The maximum absolute atomic E-state index is 11.9. The molecule has 0 saturated heterocycles. The van der Waals surface area contributed by atoms with Gasteiger partial charge in [-0.2, -0.15) is 0 Å². The lowest BCUT2D eigenvalue weighted by atomic mass is 10.5. The zero-order valence-electron chi connectivity index (χ0n) is 10.7. The lowest BCUT2D eigenvalue weighted by Crippen LogP contribution is -2.25. The molecule has 7 heteroatoms. The zero-order chi connectivity index (χ0) is 13.6. The number of aryl methyl sites for hydroxylation is 1. The van der Waals surface area contributed by atoms with Crippen LogP contribution in [0.2, 0.25) is 0 Å². The van der Waals surface area contributed by atoms with Gasteiger partial charge in [-0.3, -0.25) is 0 Å². The van der Waals surface area contributed by atoms with Crippen LogP contribution in [0.1, 0.15) is 19.0 Å². The lowest BCUT2D eigenvalue weighted by Gasteiger charge is -2.04. The Kier molecular flexibility index (Phi) is 5.80. The SMILES string of the molecule is CCOCCCNS(=O)(=O)c1cc(CO)n(C)c1. The molecule has 0 spiro atoms. The minimum absolute atomic E-state index is 0.172. The first-order valence-electron chi connectivity index (χ1n) is 5.84. The van der Waals surface area contributed by atoms with Crippen LogP contribution in [0.5, 0.6) is 0 Å². The van der Waals surface area contributed by atoms with E-state index in [1.807, 2.05) is 6.92 Å². The molecule has 0 aromatic carbocycles. The third kappa shape index (κ3) is 4.09. The van der Waals surface area contributed by atoms with Gasteiger partial charge in [0.25, 0.3) is 0 Å². The van der Waals surface area contributed by atoms with Gasteiger partial charge in [-0.05, 0) is 19.4 Å². The van der Waals surface area contributed by atoms with Gasteiger partial charge in [0.15, 0.2) is 0 Å². The summed E-state index contributed by atoms with van der Waals surface area (Å²) in [6.45, 7) is 3.22. The average molecular weight is 276 g/mol. The molecule has 18 heavy (non-hydrogen) atoms. The molecule has 0 saturated carbocycles. The van der Waals surface area contributed by atoms with Crippen molar-refractivity contribution in [3.63, 3.8) is 0 Å². The molecule has 1 aromatic heterocycles. The Morgan fingerprint density at radius 3 is 2.78 bits per heavy atom. The van der Waals surface area contributed by atoms with Crippen molar-refractivity contribution in [2.75, 3.05) is 19.8 Å². The summed E-state index contributed by atoms with van der Waals surface area (Å²) in [5.41, 5.74) is 0.560. The summed E-state index contributed by atoms with van der Waals surface area (Å²) in [6, 6.07) is 1.46. The fourth-order valence-corrected chi connectivity index (χ4v) is 2.66. The second kappa shape index (κ2) is 6.89. The van der Waals surface area contributed by atoms with Crippen molar-refractivity contribution >= 4 is 10.0 Å². The quantitative estimate of drug-likeness (QED) is 0.666. The summed E-state index contributed by atoms with van der Waals surface area (Å²) in [5, 5.41) is 9.02. The predicted molar refractivity (Wildman–Crippen MR) is 67.6 cm³/mol. The van der Waals surface area contributed by atoms with Crippen molar-refractivity contribution in [2.45, 2.75) is 24.8 Å². The summed E-state index contributed by atoms with van der Waals surface area (Å²) in [5.74, 6) is 0. The van der Waals surface area contributed by atoms with Gasteiger partial charge in [-0.25, -0.2) is 13.1 Å². The maximum atomic E-state index is 11.9. The van der Waals surface area contributed by atoms with E-state index in [0.29, 0.717) is 31.9 Å². The van der Waals surface area contributed by atoms with E-state index in [4.69, 9.17) is 9.84 Å². The molecule has 0 amide bonds. The molecule has 104 valence electrons. The molecule has 0 unspecified atom stereocenters. The Morgan fingerprint density at radius 2 is 2.22 bits per heavy atom. The van der Waals surface area contributed by atoms with Crippen LogP contribution in [0, 0.1) is 0 Å². The van der Waals surface area contributed by atoms with Gasteiger partial charge < -0.3 is 14.4 Å². The number of nitrogens with zero attached hydrogens (tertiary/aromatic N) is 1. The lowest BCUT2D eigenvalue weighted by molar-refractivity contribution is 0.146. The number of aliphatic hydroxyl groups excluding tert-OH is 1. The van der Waals surface area contributed by atoms with E-state index < -0.39 is 10.0 Å². The first-order chi connectivity index (χ1) is 8.51. The smallest absolute Gasteiger partial charge is 0.242 e. The topological polar surface area (TPSA) is 80.6 Å². The molecule has 0 fully saturated rings. The number of aromatic nitrogens is 1. The Morgan fingerprint density at radius 1 is 1.50 bits per heavy atom. The van der Waals surface area contributed by atoms with E-state index in [1.165, 1.54) is 12.3 Å². The highest BCUT2D eigenvalue weighted by Crippen LogP contribution is 2.13. The Balaban J connectivity index is 2.57. The van der Waals surface area contributed by atoms with Gasteiger partial charge in [-0.1, -0.05) is 0 Å². The molecule has 6 nitrogen and oxygen atoms in total. The summed E-state index contributed by atoms with van der Waals surface area (Å²) in [6.07, 6.45) is 2.11. The molecule has 0 atom stereocenters. The number of aliphatic hydroxyl groups is 1. The molecule has 0 radical (unpaired) electrons. The Bertz CT molecular complexity index is 467. The van der Waals surface area contributed by atoms with Crippen LogP contribution in [-0.4, -0.2) is 37.8 Å². The van der Waals surface area contributed by atoms with Crippen molar-refractivity contribution in [2.24, 2.45) is 7.05 Å². The normalized spacial score (nSPS) is 11.9. The van der Waals surface area contributed by atoms with Gasteiger partial charge in [0.05, 0.1) is 11.5 Å². The van der Waals surface area contributed by atoms with Crippen molar-refractivity contribution in [1.82, 2.24) is 9.29 Å². The summed E-state index contributed by atoms with van der Waals surface area (Å²) in [7, 11) is -1.80. The highest BCUT2D eigenvalue weighted by atomic mass is 32.2. The fourth-order valence-electron chi connectivity index (χ4n) is 1.49. The second-order valence-electron chi connectivity index (χ2n) is 3.88. The minimum atomic E-state index is -3.50. The number of nitrogens with one attached hydrogen (secondary N) is 1. The third-order valence-corrected chi connectivity index (χ3v) is 3.94. The van der Waals surface area contributed by atoms with E-state index in [9.17, 15) is 8.42 Å². The molecule has 0 aliphatic heterocycles. The average Bonchev–Trinajstić information content (AvgIpc) is 2.71. The molecule has 1 rings (SSSR count). The molecule has 2 N–H and O–H groups in total. The summed E-state index contributed by atoms with van der Waals surface area (Å²) in [4.78, 5) is 0.172. The monoisotopic (exact) mass is 276 g/mol. The summed E-state index contributed by atoms with van der Waals surface area (Å²) < 4.78 is 33.0. The molecule has 1 aromatic rings. The molecule has 1 heterocycles. The Hall–Kier alpha value is -0.890. The van der Waals surface area contributed by atoms with Crippen molar-refractivity contribution in [1.29, 1.82) is 0 Å². The van der Waals surface area contributed by atoms with Crippen molar-refractivity contribution in [3.05, 3.63) is 18.0 Å². The van der Waals surface area contributed by atoms with Gasteiger partial charge in [-0.15, -0.1) is 0 Å². The largest absolute Gasteiger partial charge is 0.390 e. The van der Waals surface area contributed by atoms with Crippen molar-refractivity contribution < 1.29 is 18.3 Å². The van der Waals surface area contributed by atoms with E-state index in [1.54, 1.807) is 11.6 Å². The van der Waals surface area contributed by atoms with Crippen LogP contribution in [-0.2, 0) is 28.4 Å². The number of sulfonamides is 1. The predicted octanol–water partition coefficient (Wildman–Crippen LogP) is 0.222. The van der Waals surface area contributed by atoms with Gasteiger partial charge in [0.1, 0.15) is 0 Å². The number of hydrogen-bond donors (Lipinski definition) is 2. The van der Waals surface area contributed by atoms with E-state index >= 15 is 0 Å². The van der Waals surface area contributed by atoms with Crippen LogP contribution in [0.15, 0.2) is 17.2 Å². The van der Waals surface area contributed by atoms with Crippen LogP contribution in [0.25, 0.3) is 0 Å². The maximum Gasteiger partial charge on any atom is 0.242 e. The van der Waals surface area contributed by atoms with Crippen LogP contribution in [0.4, 0.5) is 0 Å². The van der Waals surface area contributed by atoms with Crippen LogP contribution in [0.3, 0.4) is 0 Å². The van der Waals surface area contributed by atoms with E-state index in [0.717, 1.165) is 0 Å². The van der Waals surface area contributed by atoms with E-state index in [2.05, 4.69) is 4.72 Å². The number of hydrogen-bond acceptors (Lipinski definition) is 4. The highest BCUT2D eigenvalue weighted by Gasteiger charge is 2.16. The third-order valence-electron chi connectivity index (χ3n) is 2.52. The molecule has 0 aliphatic rings. The Labute approximate surface area is 108 Å². The minimum Gasteiger partial charge on any atom is -0.390 e. The zero-order valence-corrected chi connectivity index (χ0v) is 11.5. The first-order valence-corrected chi connectivity index (χ1v) is 7.33. The van der Waals surface area contributed by atoms with Crippen LogP contribution >= 0.6 is 0 Å². The van der Waals surface area contributed by atoms with Gasteiger partial charge in [0, 0.05) is 38.7 Å². The number of rotatable bonds is 8. The van der Waals surface area contributed by atoms with Crippen LogP contribution < -0.4 is 4.72 Å². The second-order valence-corrected chi connectivity index (χ2v) is 5.65.